The average Bonchev–Trinajstić information content (AvgIpc) is 2.77. The summed E-state index contributed by atoms with van der Waals surface area (Å²) in [5, 5.41) is 0. The Bertz CT molecular complexity index is 876. The van der Waals surface area contributed by atoms with Crippen molar-refractivity contribution in [3.8, 4) is 11.5 Å². The van der Waals surface area contributed by atoms with Crippen LogP contribution in [0.4, 0.5) is 0 Å². The lowest BCUT2D eigenvalue weighted by molar-refractivity contribution is -0.134. The van der Waals surface area contributed by atoms with Gasteiger partial charge in [-0.1, -0.05) is 36.4 Å². The molecular weight excluding hydrogens is 358 g/mol. The Morgan fingerprint density at radius 3 is 2.39 bits per heavy atom. The largest absolute Gasteiger partial charge is 0.493 e. The van der Waals surface area contributed by atoms with E-state index in [0.29, 0.717) is 30.2 Å². The first-order valence-electron chi connectivity index (χ1n) is 9.03. The third kappa shape index (κ3) is 4.52. The van der Waals surface area contributed by atoms with Crippen molar-refractivity contribution in [2.75, 3.05) is 33.9 Å². The molecule has 3 rings (SSSR count). The second-order valence-electron chi connectivity index (χ2n) is 6.33. The number of amides is 1. The normalized spacial score (nSPS) is 13.5. The van der Waals surface area contributed by atoms with E-state index in [1.807, 2.05) is 24.3 Å². The molecule has 1 aliphatic rings. The quantitative estimate of drug-likeness (QED) is 0.719. The standard InChI is InChI=1S/C22H23NO5/c1-26-19-9-8-18(14-20(19)27-2)22(25)28-15-21(24)23-12-10-17(11-13-23)16-6-4-3-5-7-16/h3-10,14H,11-13,15H2,1-2H3. The minimum atomic E-state index is -0.577. The summed E-state index contributed by atoms with van der Waals surface area (Å²) in [4.78, 5) is 26.3. The van der Waals surface area contributed by atoms with E-state index in [9.17, 15) is 9.59 Å². The molecule has 0 aromatic heterocycles. The summed E-state index contributed by atoms with van der Waals surface area (Å²) in [6, 6.07) is 14.8. The number of rotatable bonds is 6. The molecule has 1 heterocycles. The Morgan fingerprint density at radius 2 is 1.75 bits per heavy atom. The molecule has 146 valence electrons. The number of hydrogen-bond acceptors (Lipinski definition) is 5. The van der Waals surface area contributed by atoms with E-state index < -0.39 is 5.97 Å². The van der Waals surface area contributed by atoms with Gasteiger partial charge in [0.1, 0.15) is 0 Å². The van der Waals surface area contributed by atoms with Crippen molar-refractivity contribution in [1.82, 2.24) is 4.90 Å². The molecule has 6 heteroatoms. The highest BCUT2D eigenvalue weighted by Crippen LogP contribution is 2.28. The number of ether oxygens (including phenoxy) is 3. The third-order valence-corrected chi connectivity index (χ3v) is 4.65. The maximum absolute atomic E-state index is 12.4. The van der Waals surface area contributed by atoms with Crippen LogP contribution in [0.2, 0.25) is 0 Å². The second-order valence-corrected chi connectivity index (χ2v) is 6.33. The maximum Gasteiger partial charge on any atom is 0.338 e. The molecule has 2 aromatic rings. The summed E-state index contributed by atoms with van der Waals surface area (Å²) in [5.74, 6) is 0.159. The summed E-state index contributed by atoms with van der Waals surface area (Å²) in [6.07, 6.45) is 2.83. The zero-order valence-electron chi connectivity index (χ0n) is 16.0. The van der Waals surface area contributed by atoms with Crippen molar-refractivity contribution in [2.45, 2.75) is 6.42 Å². The molecule has 0 unspecified atom stereocenters. The lowest BCUT2D eigenvalue weighted by atomic mass is 10.00. The van der Waals surface area contributed by atoms with Crippen LogP contribution in [0.1, 0.15) is 22.3 Å². The SMILES string of the molecule is COc1ccc(C(=O)OCC(=O)N2CC=C(c3ccccc3)CC2)cc1OC. The van der Waals surface area contributed by atoms with Crippen molar-refractivity contribution in [2.24, 2.45) is 0 Å². The summed E-state index contributed by atoms with van der Waals surface area (Å²) in [6.45, 7) is 0.826. The van der Waals surface area contributed by atoms with Crippen LogP contribution in [-0.2, 0) is 9.53 Å². The van der Waals surface area contributed by atoms with Gasteiger partial charge < -0.3 is 19.1 Å². The highest BCUT2D eigenvalue weighted by atomic mass is 16.5. The molecule has 0 spiro atoms. The van der Waals surface area contributed by atoms with Crippen molar-refractivity contribution in [3.63, 3.8) is 0 Å². The fourth-order valence-electron chi connectivity index (χ4n) is 3.08. The first kappa shape index (κ1) is 19.5. The number of benzene rings is 2. The highest BCUT2D eigenvalue weighted by Gasteiger charge is 2.20. The summed E-state index contributed by atoms with van der Waals surface area (Å²) >= 11 is 0. The van der Waals surface area contributed by atoms with Crippen LogP contribution >= 0.6 is 0 Å². The molecule has 0 radical (unpaired) electrons. The van der Waals surface area contributed by atoms with E-state index in [1.54, 1.807) is 17.0 Å². The molecule has 1 amide bonds. The molecular formula is C22H23NO5. The monoisotopic (exact) mass is 381 g/mol. The molecule has 0 N–H and O–H groups in total. The predicted molar refractivity (Wildman–Crippen MR) is 105 cm³/mol. The minimum Gasteiger partial charge on any atom is -0.493 e. The van der Waals surface area contributed by atoms with Gasteiger partial charge in [0.2, 0.25) is 0 Å². The summed E-state index contributed by atoms with van der Waals surface area (Å²) in [7, 11) is 3.01. The van der Waals surface area contributed by atoms with Crippen molar-refractivity contribution in [3.05, 3.63) is 65.7 Å². The van der Waals surface area contributed by atoms with E-state index in [2.05, 4.69) is 12.1 Å². The summed E-state index contributed by atoms with van der Waals surface area (Å²) in [5.41, 5.74) is 2.71. The van der Waals surface area contributed by atoms with Gasteiger partial charge in [0.15, 0.2) is 18.1 Å². The van der Waals surface area contributed by atoms with Crippen LogP contribution in [0, 0.1) is 0 Å². The zero-order chi connectivity index (χ0) is 19.9. The van der Waals surface area contributed by atoms with Gasteiger partial charge >= 0.3 is 5.97 Å². The van der Waals surface area contributed by atoms with Crippen LogP contribution in [-0.4, -0.2) is 50.7 Å². The third-order valence-electron chi connectivity index (χ3n) is 4.65. The topological polar surface area (TPSA) is 65.1 Å². The number of carbonyl (C=O) groups excluding carboxylic acids is 2. The molecule has 0 fully saturated rings. The Kier molecular flexibility index (Phi) is 6.32. The van der Waals surface area contributed by atoms with E-state index >= 15 is 0 Å². The Labute approximate surface area is 164 Å². The minimum absolute atomic E-state index is 0.211. The lowest BCUT2D eigenvalue weighted by Gasteiger charge is -2.26. The first-order valence-corrected chi connectivity index (χ1v) is 9.03. The number of esters is 1. The van der Waals surface area contributed by atoms with Gasteiger partial charge in [-0.3, -0.25) is 4.79 Å². The van der Waals surface area contributed by atoms with Crippen LogP contribution in [0.3, 0.4) is 0 Å². The maximum atomic E-state index is 12.4. The fraction of sp³-hybridized carbons (Fsp3) is 0.273. The van der Waals surface area contributed by atoms with Crippen LogP contribution in [0.25, 0.3) is 5.57 Å². The molecule has 0 atom stereocenters. The molecule has 0 saturated carbocycles. The van der Waals surface area contributed by atoms with Gasteiger partial charge in [-0.15, -0.1) is 0 Å². The van der Waals surface area contributed by atoms with Crippen LogP contribution in [0.15, 0.2) is 54.6 Å². The molecule has 0 bridgehead atoms. The van der Waals surface area contributed by atoms with Gasteiger partial charge in [-0.25, -0.2) is 4.79 Å². The first-order chi connectivity index (χ1) is 13.6. The molecule has 0 saturated heterocycles. The van der Waals surface area contributed by atoms with E-state index in [0.717, 1.165) is 6.42 Å². The van der Waals surface area contributed by atoms with Gasteiger partial charge in [0, 0.05) is 13.1 Å². The van der Waals surface area contributed by atoms with E-state index in [4.69, 9.17) is 14.2 Å². The fourth-order valence-corrected chi connectivity index (χ4v) is 3.08. The number of carbonyl (C=O) groups is 2. The second kappa shape index (κ2) is 9.08. The van der Waals surface area contributed by atoms with Crippen LogP contribution < -0.4 is 9.47 Å². The zero-order valence-corrected chi connectivity index (χ0v) is 16.0. The van der Waals surface area contributed by atoms with Crippen molar-refractivity contribution < 1.29 is 23.8 Å². The van der Waals surface area contributed by atoms with Crippen molar-refractivity contribution >= 4 is 17.4 Å². The Hall–Kier alpha value is -3.28. The molecule has 6 nitrogen and oxygen atoms in total. The molecule has 0 aliphatic carbocycles. The number of nitrogens with zero attached hydrogens (tertiary/aromatic N) is 1. The van der Waals surface area contributed by atoms with Crippen LogP contribution in [0.5, 0.6) is 11.5 Å². The van der Waals surface area contributed by atoms with Gasteiger partial charge in [-0.2, -0.15) is 0 Å². The Morgan fingerprint density at radius 1 is 1.00 bits per heavy atom. The highest BCUT2D eigenvalue weighted by molar-refractivity contribution is 5.92. The molecule has 1 aliphatic heterocycles. The van der Waals surface area contributed by atoms with Gasteiger partial charge in [-0.05, 0) is 35.8 Å². The predicted octanol–water partition coefficient (Wildman–Crippen LogP) is 3.18. The average molecular weight is 381 g/mol. The number of methoxy groups -OCH3 is 2. The molecule has 2 aromatic carbocycles. The van der Waals surface area contributed by atoms with Crippen molar-refractivity contribution in [1.29, 1.82) is 0 Å². The van der Waals surface area contributed by atoms with E-state index in [1.165, 1.54) is 31.4 Å². The smallest absolute Gasteiger partial charge is 0.338 e. The molecule has 28 heavy (non-hydrogen) atoms. The lowest BCUT2D eigenvalue weighted by Crippen LogP contribution is -2.37. The van der Waals surface area contributed by atoms with Gasteiger partial charge in [0.05, 0.1) is 19.8 Å². The van der Waals surface area contributed by atoms with Gasteiger partial charge in [0.25, 0.3) is 5.91 Å². The number of hydrogen-bond donors (Lipinski definition) is 0. The Balaban J connectivity index is 1.55. The summed E-state index contributed by atoms with van der Waals surface area (Å²) < 4.78 is 15.5. The van der Waals surface area contributed by atoms with E-state index in [-0.39, 0.29) is 12.5 Å².